The average molecular weight is 247 g/mol. The van der Waals surface area contributed by atoms with Crippen LogP contribution in [-0.2, 0) is 0 Å². The third-order valence-corrected chi connectivity index (χ3v) is 2.65. The van der Waals surface area contributed by atoms with Crippen molar-refractivity contribution in [3.05, 3.63) is 24.0 Å². The van der Waals surface area contributed by atoms with E-state index >= 15 is 0 Å². The molecule has 0 bridgehead atoms. The molecule has 0 fully saturated rings. The Morgan fingerprint density at radius 1 is 1.28 bits per heavy atom. The highest BCUT2D eigenvalue weighted by Crippen LogP contribution is 2.30. The van der Waals surface area contributed by atoms with Crippen LogP contribution in [0.1, 0.15) is 38.5 Å². The quantitative estimate of drug-likeness (QED) is 0.871. The van der Waals surface area contributed by atoms with Crippen LogP contribution in [0.3, 0.4) is 0 Å². The van der Waals surface area contributed by atoms with Crippen LogP contribution < -0.4 is 5.73 Å². The van der Waals surface area contributed by atoms with E-state index in [0.29, 0.717) is 23.2 Å². The van der Waals surface area contributed by atoms with E-state index in [2.05, 4.69) is 20.1 Å². The molecule has 2 aromatic rings. The summed E-state index contributed by atoms with van der Waals surface area (Å²) in [4.78, 5) is 12.6. The molecule has 2 rings (SSSR count). The van der Waals surface area contributed by atoms with Gasteiger partial charge in [-0.3, -0.25) is 0 Å². The second-order valence-electron chi connectivity index (χ2n) is 5.29. The van der Waals surface area contributed by atoms with Gasteiger partial charge in [-0.05, 0) is 18.4 Å². The number of hydrogen-bond acceptors (Lipinski definition) is 6. The third-order valence-electron chi connectivity index (χ3n) is 2.65. The monoisotopic (exact) mass is 247 g/mol. The van der Waals surface area contributed by atoms with Gasteiger partial charge in [0.1, 0.15) is 11.5 Å². The summed E-state index contributed by atoms with van der Waals surface area (Å²) in [6, 6.07) is 1.44. The lowest BCUT2D eigenvalue weighted by Crippen LogP contribution is -2.26. The Bertz CT molecular complexity index is 543. The Morgan fingerprint density at radius 3 is 2.61 bits per heavy atom. The third kappa shape index (κ3) is 2.53. The van der Waals surface area contributed by atoms with Crippen molar-refractivity contribution in [3.8, 4) is 11.5 Å². The number of rotatable bonds is 2. The Balaban J connectivity index is 2.31. The zero-order valence-corrected chi connectivity index (χ0v) is 11.0. The van der Waals surface area contributed by atoms with E-state index in [1.54, 1.807) is 12.3 Å². The molecule has 2 aromatic heterocycles. The molecule has 0 amide bonds. The van der Waals surface area contributed by atoms with E-state index < -0.39 is 0 Å². The maximum atomic E-state index is 6.06. The lowest BCUT2D eigenvalue weighted by Gasteiger charge is -2.23. The topological polar surface area (TPSA) is 90.7 Å². The maximum Gasteiger partial charge on any atom is 0.244 e. The highest BCUT2D eigenvalue weighted by atomic mass is 16.5. The number of nitrogens with zero attached hydrogens (tertiary/aromatic N) is 4. The second kappa shape index (κ2) is 4.45. The Labute approximate surface area is 106 Å². The molecular weight excluding hydrogens is 230 g/mol. The van der Waals surface area contributed by atoms with E-state index in [9.17, 15) is 0 Å². The van der Waals surface area contributed by atoms with Crippen molar-refractivity contribution in [2.24, 2.45) is 11.1 Å². The van der Waals surface area contributed by atoms with Gasteiger partial charge in [-0.2, -0.15) is 4.98 Å². The molecule has 0 aromatic carbocycles. The van der Waals surface area contributed by atoms with Crippen molar-refractivity contribution < 1.29 is 4.52 Å². The van der Waals surface area contributed by atoms with Crippen LogP contribution >= 0.6 is 0 Å². The first-order valence-corrected chi connectivity index (χ1v) is 5.77. The van der Waals surface area contributed by atoms with Gasteiger partial charge in [0, 0.05) is 6.20 Å². The molecular formula is C12H17N5O. The van der Waals surface area contributed by atoms with Crippen molar-refractivity contribution in [3.63, 3.8) is 0 Å². The van der Waals surface area contributed by atoms with Gasteiger partial charge in [0.25, 0.3) is 0 Å². The van der Waals surface area contributed by atoms with Crippen LogP contribution in [0.15, 0.2) is 16.8 Å². The molecule has 0 aliphatic carbocycles. The molecule has 0 saturated heterocycles. The minimum absolute atomic E-state index is 0.134. The summed E-state index contributed by atoms with van der Waals surface area (Å²) in [7, 11) is 0. The van der Waals surface area contributed by atoms with Crippen molar-refractivity contribution in [1.82, 2.24) is 20.1 Å². The molecule has 6 nitrogen and oxygen atoms in total. The first kappa shape index (κ1) is 12.6. The molecule has 0 aliphatic heterocycles. The molecule has 1 atom stereocenters. The average Bonchev–Trinajstić information content (AvgIpc) is 2.75. The fraction of sp³-hybridized carbons (Fsp3) is 0.500. The van der Waals surface area contributed by atoms with E-state index in [0.717, 1.165) is 0 Å². The number of nitrogens with two attached hydrogens (primary N) is 1. The number of aryl methyl sites for hydroxylation is 1. The molecule has 6 heteroatoms. The summed E-state index contributed by atoms with van der Waals surface area (Å²) in [5.41, 5.74) is 6.57. The maximum absolute atomic E-state index is 6.06. The van der Waals surface area contributed by atoms with Crippen LogP contribution in [0.4, 0.5) is 0 Å². The molecule has 2 N–H and O–H groups in total. The van der Waals surface area contributed by atoms with Gasteiger partial charge in [0.2, 0.25) is 11.7 Å². The fourth-order valence-electron chi connectivity index (χ4n) is 1.42. The van der Waals surface area contributed by atoms with Crippen LogP contribution in [-0.4, -0.2) is 20.1 Å². The lowest BCUT2D eigenvalue weighted by atomic mass is 9.87. The molecule has 2 heterocycles. The molecule has 0 spiro atoms. The van der Waals surface area contributed by atoms with Crippen molar-refractivity contribution >= 4 is 0 Å². The van der Waals surface area contributed by atoms with Gasteiger partial charge < -0.3 is 10.3 Å². The van der Waals surface area contributed by atoms with Crippen LogP contribution in [0, 0.1) is 12.3 Å². The number of aromatic nitrogens is 4. The fourth-order valence-corrected chi connectivity index (χ4v) is 1.42. The lowest BCUT2D eigenvalue weighted by molar-refractivity contribution is 0.253. The smallest absolute Gasteiger partial charge is 0.244 e. The Kier molecular flexibility index (Phi) is 3.13. The highest BCUT2D eigenvalue weighted by Gasteiger charge is 2.27. The Hall–Kier alpha value is -1.82. The second-order valence-corrected chi connectivity index (χ2v) is 5.29. The predicted molar refractivity (Wildman–Crippen MR) is 66.4 cm³/mol. The van der Waals surface area contributed by atoms with Gasteiger partial charge in [0.05, 0.1) is 6.04 Å². The summed E-state index contributed by atoms with van der Waals surface area (Å²) in [5.74, 6) is 1.53. The normalized spacial score (nSPS) is 13.6. The minimum atomic E-state index is -0.304. The van der Waals surface area contributed by atoms with E-state index in [-0.39, 0.29) is 11.5 Å². The highest BCUT2D eigenvalue weighted by molar-refractivity contribution is 5.47. The molecule has 0 radical (unpaired) electrons. The zero-order valence-electron chi connectivity index (χ0n) is 11.0. The molecule has 0 saturated carbocycles. The van der Waals surface area contributed by atoms with Gasteiger partial charge in [-0.15, -0.1) is 0 Å². The van der Waals surface area contributed by atoms with Gasteiger partial charge >= 0.3 is 0 Å². The van der Waals surface area contributed by atoms with E-state index in [1.165, 1.54) is 0 Å². The summed E-state index contributed by atoms with van der Waals surface area (Å²) in [6.45, 7) is 7.88. The van der Waals surface area contributed by atoms with Crippen molar-refractivity contribution in [2.45, 2.75) is 33.7 Å². The zero-order chi connectivity index (χ0) is 13.3. The van der Waals surface area contributed by atoms with Crippen molar-refractivity contribution in [2.75, 3.05) is 0 Å². The van der Waals surface area contributed by atoms with E-state index in [1.807, 2.05) is 27.7 Å². The Morgan fingerprint density at radius 2 is 2.00 bits per heavy atom. The van der Waals surface area contributed by atoms with Crippen LogP contribution in [0.25, 0.3) is 11.5 Å². The predicted octanol–water partition coefficient (Wildman–Crippen LogP) is 1.88. The molecule has 18 heavy (non-hydrogen) atoms. The SMILES string of the molecule is Cc1nccc(-c2noc([C@@H](N)C(C)(C)C)n2)n1. The molecule has 0 aliphatic rings. The first-order valence-electron chi connectivity index (χ1n) is 5.77. The van der Waals surface area contributed by atoms with Crippen LogP contribution in [0.5, 0.6) is 0 Å². The van der Waals surface area contributed by atoms with Crippen molar-refractivity contribution in [1.29, 1.82) is 0 Å². The summed E-state index contributed by atoms with van der Waals surface area (Å²) in [6.07, 6.45) is 1.66. The first-order chi connectivity index (χ1) is 8.38. The molecule has 0 unspecified atom stereocenters. The van der Waals surface area contributed by atoms with Gasteiger partial charge in [0.15, 0.2) is 0 Å². The summed E-state index contributed by atoms with van der Waals surface area (Å²) < 4.78 is 5.20. The van der Waals surface area contributed by atoms with Crippen LogP contribution in [0.2, 0.25) is 0 Å². The summed E-state index contributed by atoms with van der Waals surface area (Å²) in [5, 5.41) is 3.91. The van der Waals surface area contributed by atoms with E-state index in [4.69, 9.17) is 10.3 Å². The number of hydrogen-bond donors (Lipinski definition) is 1. The van der Waals surface area contributed by atoms with Gasteiger partial charge in [-0.1, -0.05) is 25.9 Å². The molecule has 96 valence electrons. The van der Waals surface area contributed by atoms with Gasteiger partial charge in [-0.25, -0.2) is 9.97 Å². The standard InChI is InChI=1S/C12H17N5O/c1-7-14-6-5-8(15-7)10-16-11(18-17-10)9(13)12(2,3)4/h5-6,9H,13H2,1-4H3/t9-/m1/s1. The largest absolute Gasteiger partial charge is 0.337 e. The minimum Gasteiger partial charge on any atom is -0.337 e. The summed E-state index contributed by atoms with van der Waals surface area (Å²) >= 11 is 0.